The number of carbonyl (C=O) groups is 1. The van der Waals surface area contributed by atoms with Crippen LogP contribution in [0, 0.1) is 23.0 Å². The van der Waals surface area contributed by atoms with Gasteiger partial charge in [-0.15, -0.1) is 0 Å². The van der Waals surface area contributed by atoms with E-state index in [4.69, 9.17) is 5.73 Å². The Morgan fingerprint density at radius 2 is 2.04 bits per heavy atom. The summed E-state index contributed by atoms with van der Waals surface area (Å²) < 4.78 is 27.0. The molecule has 1 heterocycles. The Morgan fingerprint density at radius 1 is 1.38 bits per heavy atom. The number of hydrogen-bond acceptors (Lipinski definition) is 6. The van der Waals surface area contributed by atoms with Crippen molar-refractivity contribution in [1.82, 2.24) is 9.62 Å². The van der Waals surface area contributed by atoms with Crippen LogP contribution in [0.4, 0.5) is 5.69 Å². The number of benzene rings is 1. The fourth-order valence-electron chi connectivity index (χ4n) is 2.94. The lowest BCUT2D eigenvalue weighted by molar-refractivity contribution is -0.385. The van der Waals surface area contributed by atoms with Gasteiger partial charge in [0.05, 0.1) is 9.82 Å². The Morgan fingerprint density at radius 3 is 2.62 bits per heavy atom. The first-order chi connectivity index (χ1) is 12.3. The van der Waals surface area contributed by atoms with Gasteiger partial charge in [-0.1, -0.05) is 6.07 Å². The number of amides is 1. The monoisotopic (exact) mass is 384 g/mol. The van der Waals surface area contributed by atoms with Gasteiger partial charge in [0.25, 0.3) is 5.69 Å². The van der Waals surface area contributed by atoms with Crippen LogP contribution in [0.5, 0.6) is 0 Å². The number of aryl methyl sites for hydroxylation is 1. The molecular formula is C16H24N4O5S. The van der Waals surface area contributed by atoms with Crippen LogP contribution in [0.25, 0.3) is 0 Å². The van der Waals surface area contributed by atoms with Crippen LogP contribution in [0.15, 0.2) is 23.1 Å². The lowest BCUT2D eigenvalue weighted by Gasteiger charge is -2.30. The van der Waals surface area contributed by atoms with E-state index in [0.717, 1.165) is 6.07 Å². The van der Waals surface area contributed by atoms with Gasteiger partial charge >= 0.3 is 0 Å². The lowest BCUT2D eigenvalue weighted by Crippen LogP contribution is -2.43. The first kappa shape index (κ1) is 20.3. The highest BCUT2D eigenvalue weighted by Crippen LogP contribution is 2.28. The van der Waals surface area contributed by atoms with Crippen molar-refractivity contribution in [2.75, 3.05) is 26.2 Å². The van der Waals surface area contributed by atoms with Crippen molar-refractivity contribution in [1.29, 1.82) is 0 Å². The van der Waals surface area contributed by atoms with E-state index in [1.165, 1.54) is 16.4 Å². The van der Waals surface area contributed by atoms with Crippen molar-refractivity contribution >= 4 is 21.6 Å². The Bertz CT molecular complexity index is 773. The van der Waals surface area contributed by atoms with Gasteiger partial charge in [-0.05, 0) is 38.3 Å². The highest BCUT2D eigenvalue weighted by molar-refractivity contribution is 7.89. The molecule has 1 aromatic carbocycles. The second-order valence-electron chi connectivity index (χ2n) is 6.32. The van der Waals surface area contributed by atoms with E-state index in [-0.39, 0.29) is 35.5 Å². The summed E-state index contributed by atoms with van der Waals surface area (Å²) in [6.07, 6.45) is 1.54. The van der Waals surface area contributed by atoms with Crippen LogP contribution in [0.2, 0.25) is 0 Å². The first-order valence-corrected chi connectivity index (χ1v) is 9.94. The van der Waals surface area contributed by atoms with Gasteiger partial charge in [0, 0.05) is 37.7 Å². The minimum atomic E-state index is -3.84. The van der Waals surface area contributed by atoms with Gasteiger partial charge in [0.1, 0.15) is 0 Å². The Balaban J connectivity index is 2.07. The molecule has 1 aliphatic rings. The number of non-ortho nitro benzene ring substituents is 1. The number of nitrogens with zero attached hydrogens (tertiary/aromatic N) is 2. The molecule has 0 unspecified atom stereocenters. The van der Waals surface area contributed by atoms with E-state index in [1.807, 2.05) is 0 Å². The van der Waals surface area contributed by atoms with E-state index < -0.39 is 14.9 Å². The lowest BCUT2D eigenvalue weighted by atomic mass is 9.97. The van der Waals surface area contributed by atoms with Crippen molar-refractivity contribution in [2.24, 2.45) is 11.7 Å². The summed E-state index contributed by atoms with van der Waals surface area (Å²) in [5.41, 5.74) is 5.58. The Labute approximate surface area is 152 Å². The first-order valence-electron chi connectivity index (χ1n) is 8.50. The van der Waals surface area contributed by atoms with Gasteiger partial charge in [0.15, 0.2) is 0 Å². The van der Waals surface area contributed by atoms with E-state index in [0.29, 0.717) is 37.9 Å². The molecular weight excluding hydrogens is 360 g/mol. The molecule has 1 aromatic rings. The van der Waals surface area contributed by atoms with Gasteiger partial charge in [0.2, 0.25) is 15.9 Å². The third-order valence-electron chi connectivity index (χ3n) is 4.51. The summed E-state index contributed by atoms with van der Waals surface area (Å²) in [6.45, 7) is 3.04. The third-order valence-corrected chi connectivity index (χ3v) is 6.55. The number of sulfonamides is 1. The Hall–Kier alpha value is -2.04. The molecule has 26 heavy (non-hydrogen) atoms. The number of piperidine rings is 1. The SMILES string of the molecule is Cc1ccc([N+](=O)[O-])cc1S(=O)(=O)N1CCC(C(=O)NCCCN)CC1. The largest absolute Gasteiger partial charge is 0.356 e. The smallest absolute Gasteiger partial charge is 0.270 e. The Kier molecular flexibility index (Phi) is 6.68. The minimum absolute atomic E-state index is 0.0578. The second kappa shape index (κ2) is 8.56. The zero-order valence-corrected chi connectivity index (χ0v) is 15.5. The van der Waals surface area contributed by atoms with Gasteiger partial charge in [-0.2, -0.15) is 4.31 Å². The van der Waals surface area contributed by atoms with Crippen molar-refractivity contribution in [3.05, 3.63) is 33.9 Å². The van der Waals surface area contributed by atoms with Crippen LogP contribution in [0.3, 0.4) is 0 Å². The molecule has 1 amide bonds. The summed E-state index contributed by atoms with van der Waals surface area (Å²) in [4.78, 5) is 22.3. The molecule has 2 rings (SSSR count). The summed E-state index contributed by atoms with van der Waals surface area (Å²) in [7, 11) is -3.84. The number of nitrogens with two attached hydrogens (primary N) is 1. The van der Waals surface area contributed by atoms with Crippen LogP contribution in [-0.2, 0) is 14.8 Å². The van der Waals surface area contributed by atoms with Crippen LogP contribution in [0.1, 0.15) is 24.8 Å². The molecule has 0 aliphatic carbocycles. The molecule has 9 nitrogen and oxygen atoms in total. The zero-order chi connectivity index (χ0) is 19.3. The quantitative estimate of drug-likeness (QED) is 0.405. The molecule has 0 radical (unpaired) electrons. The predicted molar refractivity (Wildman–Crippen MR) is 96.0 cm³/mol. The number of hydrogen-bond donors (Lipinski definition) is 2. The van der Waals surface area contributed by atoms with Crippen molar-refractivity contribution in [3.63, 3.8) is 0 Å². The van der Waals surface area contributed by atoms with Gasteiger partial charge in [-0.25, -0.2) is 8.42 Å². The topological polar surface area (TPSA) is 136 Å². The van der Waals surface area contributed by atoms with Gasteiger partial charge < -0.3 is 11.1 Å². The van der Waals surface area contributed by atoms with E-state index >= 15 is 0 Å². The number of nitro groups is 1. The maximum absolute atomic E-state index is 12.9. The average Bonchev–Trinajstić information content (AvgIpc) is 2.62. The number of carbonyl (C=O) groups excluding carboxylic acids is 1. The molecule has 1 fully saturated rings. The number of nitro benzene ring substituents is 1. The fourth-order valence-corrected chi connectivity index (χ4v) is 4.65. The second-order valence-corrected chi connectivity index (χ2v) is 8.22. The van der Waals surface area contributed by atoms with E-state index in [2.05, 4.69) is 5.32 Å². The van der Waals surface area contributed by atoms with Crippen LogP contribution >= 0.6 is 0 Å². The summed E-state index contributed by atoms with van der Waals surface area (Å²) in [5, 5.41) is 13.7. The zero-order valence-electron chi connectivity index (χ0n) is 14.7. The third kappa shape index (κ3) is 4.57. The van der Waals surface area contributed by atoms with Crippen LogP contribution in [-0.4, -0.2) is 49.7 Å². The number of rotatable bonds is 7. The molecule has 0 atom stereocenters. The van der Waals surface area contributed by atoms with Crippen molar-refractivity contribution in [2.45, 2.75) is 31.1 Å². The molecule has 0 bridgehead atoms. The molecule has 0 aromatic heterocycles. The maximum atomic E-state index is 12.9. The van der Waals surface area contributed by atoms with E-state index in [1.54, 1.807) is 6.92 Å². The average molecular weight is 384 g/mol. The molecule has 3 N–H and O–H groups in total. The number of nitrogens with one attached hydrogen (secondary N) is 1. The maximum Gasteiger partial charge on any atom is 0.270 e. The highest BCUT2D eigenvalue weighted by Gasteiger charge is 2.33. The standard InChI is InChI=1S/C16H24N4O5S/c1-12-3-4-14(20(22)23)11-15(12)26(24,25)19-9-5-13(6-10-19)16(21)18-8-2-7-17/h3-4,11,13H,2,5-10,17H2,1H3,(H,18,21). The van der Waals surface area contributed by atoms with Gasteiger partial charge in [-0.3, -0.25) is 14.9 Å². The summed E-state index contributed by atoms with van der Waals surface area (Å²) in [5.74, 6) is -0.313. The molecule has 1 aliphatic heterocycles. The van der Waals surface area contributed by atoms with E-state index in [9.17, 15) is 23.3 Å². The normalized spacial score (nSPS) is 16.4. The predicted octanol–water partition coefficient (Wildman–Crippen LogP) is 0.769. The highest BCUT2D eigenvalue weighted by atomic mass is 32.2. The van der Waals surface area contributed by atoms with Crippen molar-refractivity contribution < 1.29 is 18.1 Å². The van der Waals surface area contributed by atoms with Crippen molar-refractivity contribution in [3.8, 4) is 0 Å². The molecule has 0 saturated carbocycles. The molecule has 144 valence electrons. The molecule has 0 spiro atoms. The summed E-state index contributed by atoms with van der Waals surface area (Å²) >= 11 is 0. The molecule has 1 saturated heterocycles. The molecule has 10 heteroatoms. The van der Waals surface area contributed by atoms with Crippen LogP contribution < -0.4 is 11.1 Å². The summed E-state index contributed by atoms with van der Waals surface area (Å²) in [6, 6.07) is 3.81. The minimum Gasteiger partial charge on any atom is -0.356 e. The fraction of sp³-hybridized carbons (Fsp3) is 0.562.